The van der Waals surface area contributed by atoms with Crippen LogP contribution in [0.2, 0.25) is 0 Å². The van der Waals surface area contributed by atoms with Crippen LogP contribution in [0.4, 0.5) is 0 Å². The number of carbonyl (C=O) groups is 5. The molecule has 12 heteroatoms. The third-order valence-corrected chi connectivity index (χ3v) is 6.56. The van der Waals surface area contributed by atoms with E-state index in [0.717, 1.165) is 12.5 Å². The first-order chi connectivity index (χ1) is 19.5. The smallest absolute Gasteiger partial charge is 0.332 e. The summed E-state index contributed by atoms with van der Waals surface area (Å²) in [5.74, 6) is -5.48. The summed E-state index contributed by atoms with van der Waals surface area (Å²) in [6.07, 6.45) is -0.306. The molecule has 0 aliphatic carbocycles. The molecule has 1 aliphatic heterocycles. The lowest BCUT2D eigenvalue weighted by molar-refractivity contribution is -0.177. The number of rotatable bonds is 9. The molecule has 1 saturated heterocycles. The Bertz CT molecular complexity index is 1270. The maximum absolute atomic E-state index is 13.4. The zero-order valence-electron chi connectivity index (χ0n) is 23.6. The van der Waals surface area contributed by atoms with Crippen molar-refractivity contribution in [2.24, 2.45) is 11.8 Å². The van der Waals surface area contributed by atoms with E-state index in [4.69, 9.17) is 23.7 Å². The lowest BCUT2D eigenvalue weighted by atomic mass is 9.91. The van der Waals surface area contributed by atoms with Crippen molar-refractivity contribution < 1.29 is 47.7 Å². The largest absolute Gasteiger partial charge is 0.493 e. The number of hydrogen-bond donors (Lipinski definition) is 1. The van der Waals surface area contributed by atoms with Crippen molar-refractivity contribution in [1.29, 1.82) is 0 Å². The molecule has 1 aromatic carbocycles. The van der Waals surface area contributed by atoms with E-state index in [0.29, 0.717) is 6.42 Å². The molecular formula is C29H34N2O10. The molecule has 41 heavy (non-hydrogen) atoms. The van der Waals surface area contributed by atoms with Crippen molar-refractivity contribution in [2.45, 2.75) is 58.8 Å². The second-order valence-corrected chi connectivity index (χ2v) is 9.59. The molecule has 5 atom stereocenters. The molecule has 0 spiro atoms. The van der Waals surface area contributed by atoms with Crippen LogP contribution in [-0.4, -0.2) is 66.7 Å². The minimum absolute atomic E-state index is 0.0622. The zero-order valence-corrected chi connectivity index (χ0v) is 23.6. The number of aromatic nitrogens is 1. The average Bonchev–Trinajstić information content (AvgIpc) is 2.99. The summed E-state index contributed by atoms with van der Waals surface area (Å²) in [5, 5.41) is 2.43. The molecule has 5 unspecified atom stereocenters. The van der Waals surface area contributed by atoms with Crippen molar-refractivity contribution in [3.8, 4) is 11.5 Å². The molecule has 1 N–H and O–H groups in total. The second-order valence-electron chi connectivity index (χ2n) is 9.59. The lowest BCUT2D eigenvalue weighted by Crippen LogP contribution is -2.47. The standard InChI is InChI=1S/C29H34N2O10/c1-6-16(2)27(34)41-24-17(3)39-29(36)21(15-38-28(35)20(24)14-19-10-8-7-9-11-19)31-26(33)23-25(40-18(4)32)22(37-5)12-13-30-23/h7-13,16-17,20-21,24H,6,14-15H2,1-5H3,(H,31,33). The van der Waals surface area contributed by atoms with Gasteiger partial charge >= 0.3 is 23.9 Å². The first kappa shape index (κ1) is 31.1. The fraction of sp³-hybridized carbons (Fsp3) is 0.448. The van der Waals surface area contributed by atoms with Crippen molar-refractivity contribution in [3.63, 3.8) is 0 Å². The maximum atomic E-state index is 13.4. The van der Waals surface area contributed by atoms with Gasteiger partial charge in [-0.25, -0.2) is 9.78 Å². The summed E-state index contributed by atoms with van der Waals surface area (Å²) in [5.41, 5.74) is 0.442. The number of methoxy groups -OCH3 is 1. The molecule has 0 bridgehead atoms. The van der Waals surface area contributed by atoms with Gasteiger partial charge in [0, 0.05) is 19.2 Å². The number of amides is 1. The first-order valence-corrected chi connectivity index (χ1v) is 13.2. The highest BCUT2D eigenvalue weighted by molar-refractivity contribution is 5.99. The Balaban J connectivity index is 1.90. The van der Waals surface area contributed by atoms with Gasteiger partial charge in [-0.3, -0.25) is 19.2 Å². The predicted molar refractivity (Wildman–Crippen MR) is 143 cm³/mol. The van der Waals surface area contributed by atoms with Crippen LogP contribution in [0, 0.1) is 11.8 Å². The molecule has 0 radical (unpaired) electrons. The lowest BCUT2D eigenvalue weighted by Gasteiger charge is -2.30. The summed E-state index contributed by atoms with van der Waals surface area (Å²) < 4.78 is 27.1. The highest BCUT2D eigenvalue weighted by Crippen LogP contribution is 2.30. The highest BCUT2D eigenvalue weighted by Gasteiger charge is 2.42. The molecule has 12 nitrogen and oxygen atoms in total. The Labute approximate surface area is 237 Å². The fourth-order valence-corrected chi connectivity index (χ4v) is 4.12. The molecule has 0 saturated carbocycles. The van der Waals surface area contributed by atoms with Gasteiger partial charge in [0.1, 0.15) is 18.6 Å². The summed E-state index contributed by atoms with van der Waals surface area (Å²) in [7, 11) is 1.32. The van der Waals surface area contributed by atoms with Crippen molar-refractivity contribution in [3.05, 3.63) is 53.9 Å². The van der Waals surface area contributed by atoms with E-state index in [2.05, 4.69) is 10.3 Å². The normalized spacial score (nSPS) is 21.6. The van der Waals surface area contributed by atoms with Crippen molar-refractivity contribution in [2.75, 3.05) is 13.7 Å². The van der Waals surface area contributed by atoms with Gasteiger partial charge in [0.05, 0.1) is 13.0 Å². The fourth-order valence-electron chi connectivity index (χ4n) is 4.12. The molecule has 220 valence electrons. The van der Waals surface area contributed by atoms with Gasteiger partial charge in [-0.2, -0.15) is 0 Å². The first-order valence-electron chi connectivity index (χ1n) is 13.2. The van der Waals surface area contributed by atoms with Crippen LogP contribution in [-0.2, 0) is 39.8 Å². The molecule has 2 aromatic rings. The zero-order chi connectivity index (χ0) is 30.1. The Morgan fingerprint density at radius 2 is 1.83 bits per heavy atom. The second kappa shape index (κ2) is 14.2. The summed E-state index contributed by atoms with van der Waals surface area (Å²) in [6.45, 7) is 5.60. The molecule has 1 fully saturated rings. The number of esters is 4. The number of carbonyl (C=O) groups excluding carboxylic acids is 5. The van der Waals surface area contributed by atoms with Crippen LogP contribution in [0.15, 0.2) is 42.6 Å². The van der Waals surface area contributed by atoms with Crippen LogP contribution in [0.25, 0.3) is 0 Å². The van der Waals surface area contributed by atoms with E-state index in [-0.39, 0.29) is 23.6 Å². The number of nitrogens with zero attached hydrogens (tertiary/aromatic N) is 1. The van der Waals surface area contributed by atoms with E-state index in [1.165, 1.54) is 26.3 Å². The monoisotopic (exact) mass is 570 g/mol. The SMILES string of the molecule is CCC(C)C(=O)OC1C(C)OC(=O)C(NC(=O)c2nccc(OC)c2OC(C)=O)COC(=O)C1Cc1ccccc1. The molecular weight excluding hydrogens is 536 g/mol. The average molecular weight is 571 g/mol. The Kier molecular flexibility index (Phi) is 10.8. The number of nitrogens with one attached hydrogen (secondary N) is 1. The number of pyridine rings is 1. The van der Waals surface area contributed by atoms with Gasteiger partial charge in [-0.05, 0) is 25.3 Å². The van der Waals surface area contributed by atoms with Gasteiger partial charge in [-0.1, -0.05) is 44.2 Å². The van der Waals surface area contributed by atoms with E-state index in [1.807, 2.05) is 37.3 Å². The van der Waals surface area contributed by atoms with Crippen LogP contribution in [0.5, 0.6) is 11.5 Å². The van der Waals surface area contributed by atoms with Crippen LogP contribution >= 0.6 is 0 Å². The number of hydrogen-bond acceptors (Lipinski definition) is 11. The van der Waals surface area contributed by atoms with Crippen LogP contribution in [0.3, 0.4) is 0 Å². The van der Waals surface area contributed by atoms with Crippen molar-refractivity contribution in [1.82, 2.24) is 10.3 Å². The van der Waals surface area contributed by atoms with Gasteiger partial charge in [0.2, 0.25) is 5.75 Å². The van der Waals surface area contributed by atoms with E-state index < -0.39 is 66.5 Å². The molecule has 3 rings (SSSR count). The van der Waals surface area contributed by atoms with E-state index in [9.17, 15) is 24.0 Å². The van der Waals surface area contributed by atoms with Crippen molar-refractivity contribution >= 4 is 29.8 Å². The van der Waals surface area contributed by atoms with Crippen LogP contribution < -0.4 is 14.8 Å². The minimum atomic E-state index is -1.45. The Hall–Kier alpha value is -4.48. The molecule has 2 heterocycles. The number of cyclic esters (lactones) is 2. The third kappa shape index (κ3) is 8.03. The summed E-state index contributed by atoms with van der Waals surface area (Å²) >= 11 is 0. The number of ether oxygens (including phenoxy) is 5. The van der Waals surface area contributed by atoms with Crippen LogP contribution in [0.1, 0.15) is 50.2 Å². The highest BCUT2D eigenvalue weighted by atomic mass is 16.6. The Morgan fingerprint density at radius 3 is 2.46 bits per heavy atom. The maximum Gasteiger partial charge on any atom is 0.332 e. The summed E-state index contributed by atoms with van der Waals surface area (Å²) in [6, 6.07) is 9.01. The van der Waals surface area contributed by atoms with Gasteiger partial charge in [0.15, 0.2) is 23.6 Å². The molecule has 1 aromatic heterocycles. The van der Waals surface area contributed by atoms with Gasteiger partial charge in [0.25, 0.3) is 5.91 Å². The third-order valence-electron chi connectivity index (χ3n) is 6.56. The van der Waals surface area contributed by atoms with Gasteiger partial charge < -0.3 is 29.0 Å². The molecule has 1 aliphatic rings. The predicted octanol–water partition coefficient (Wildman–Crippen LogP) is 2.42. The number of benzene rings is 1. The topological polar surface area (TPSA) is 156 Å². The van der Waals surface area contributed by atoms with E-state index >= 15 is 0 Å². The Morgan fingerprint density at radius 1 is 1.12 bits per heavy atom. The summed E-state index contributed by atoms with van der Waals surface area (Å²) in [4.78, 5) is 68.1. The quantitative estimate of drug-likeness (QED) is 0.349. The van der Waals surface area contributed by atoms with E-state index in [1.54, 1.807) is 6.92 Å². The molecule has 1 amide bonds. The minimum Gasteiger partial charge on any atom is -0.493 e. The van der Waals surface area contributed by atoms with Gasteiger partial charge in [-0.15, -0.1) is 0 Å².